The van der Waals surface area contributed by atoms with Crippen LogP contribution in [-0.4, -0.2) is 18.6 Å². The van der Waals surface area contributed by atoms with Crippen LogP contribution in [0.5, 0.6) is 5.75 Å². The van der Waals surface area contributed by atoms with E-state index in [4.69, 9.17) is 10.00 Å². The van der Waals surface area contributed by atoms with Crippen molar-refractivity contribution >= 4 is 11.6 Å². The van der Waals surface area contributed by atoms with Crippen LogP contribution in [0.4, 0.5) is 5.69 Å². The average Bonchev–Trinajstić information content (AvgIpc) is 2.39. The van der Waals surface area contributed by atoms with E-state index in [0.717, 1.165) is 0 Å². The minimum atomic E-state index is -0.450. The first-order valence-corrected chi connectivity index (χ1v) is 6.19. The molecule has 0 aliphatic rings. The van der Waals surface area contributed by atoms with Crippen LogP contribution in [0.2, 0.25) is 0 Å². The molecule has 2 N–H and O–H groups in total. The third kappa shape index (κ3) is 5.02. The number of nitrogens with zero attached hydrogens (tertiary/aromatic N) is 1. The van der Waals surface area contributed by atoms with E-state index in [9.17, 15) is 4.79 Å². The Bertz CT molecular complexity index is 534. The summed E-state index contributed by atoms with van der Waals surface area (Å²) in [5, 5.41) is 14.7. The number of amides is 1. The highest BCUT2D eigenvalue weighted by Crippen LogP contribution is 2.15. The van der Waals surface area contributed by atoms with Crippen LogP contribution in [0.25, 0.3) is 0 Å². The maximum Gasteiger partial charge on any atom is 0.267 e. The van der Waals surface area contributed by atoms with Gasteiger partial charge in [0.1, 0.15) is 17.4 Å². The van der Waals surface area contributed by atoms with Crippen molar-refractivity contribution < 1.29 is 9.53 Å². The summed E-state index contributed by atoms with van der Waals surface area (Å²) in [6, 6.07) is 8.77. The highest BCUT2D eigenvalue weighted by atomic mass is 16.5. The zero-order valence-electron chi connectivity index (χ0n) is 12.2. The molecule has 1 aromatic rings. The van der Waals surface area contributed by atoms with Gasteiger partial charge in [-0.2, -0.15) is 5.26 Å². The Hall–Kier alpha value is -2.48. The van der Waals surface area contributed by atoms with Gasteiger partial charge in [-0.25, -0.2) is 0 Å². The van der Waals surface area contributed by atoms with Gasteiger partial charge in [0.05, 0.1) is 7.11 Å². The van der Waals surface area contributed by atoms with Gasteiger partial charge >= 0.3 is 0 Å². The molecule has 0 fully saturated rings. The number of nitrogens with one attached hydrogen (secondary N) is 2. The van der Waals surface area contributed by atoms with Crippen molar-refractivity contribution in [3.8, 4) is 11.8 Å². The minimum absolute atomic E-state index is 0.0238. The average molecular weight is 273 g/mol. The molecule has 0 atom stereocenters. The summed E-state index contributed by atoms with van der Waals surface area (Å²) in [5.74, 6) is 0.253. The second-order valence-corrected chi connectivity index (χ2v) is 5.25. The standard InChI is InChI=1S/C15H19N3O2/c1-15(2,3)17-10-11(9-16)14(19)18-12-5-7-13(20-4)8-6-12/h5-8,10,17H,1-4H3,(H,18,19)/b11-10-. The van der Waals surface area contributed by atoms with E-state index in [1.54, 1.807) is 31.4 Å². The minimum Gasteiger partial charge on any atom is -0.497 e. The van der Waals surface area contributed by atoms with Gasteiger partial charge in [-0.15, -0.1) is 0 Å². The second kappa shape index (κ2) is 6.62. The summed E-state index contributed by atoms with van der Waals surface area (Å²) < 4.78 is 5.03. The van der Waals surface area contributed by atoms with Crippen LogP contribution in [0.15, 0.2) is 36.0 Å². The summed E-state index contributed by atoms with van der Waals surface area (Å²) in [4.78, 5) is 11.9. The Kier molecular flexibility index (Phi) is 5.15. The van der Waals surface area contributed by atoms with E-state index in [-0.39, 0.29) is 11.1 Å². The molecule has 0 radical (unpaired) electrons. The molecule has 1 rings (SSSR count). The van der Waals surface area contributed by atoms with Crippen molar-refractivity contribution in [1.29, 1.82) is 5.26 Å². The Morgan fingerprint density at radius 1 is 1.30 bits per heavy atom. The van der Waals surface area contributed by atoms with E-state index < -0.39 is 5.91 Å². The van der Waals surface area contributed by atoms with Crippen LogP contribution in [0.3, 0.4) is 0 Å². The molecule has 0 aliphatic carbocycles. The monoisotopic (exact) mass is 273 g/mol. The number of carbonyl (C=O) groups is 1. The van der Waals surface area contributed by atoms with Crippen molar-refractivity contribution in [3.05, 3.63) is 36.0 Å². The van der Waals surface area contributed by atoms with Gasteiger partial charge in [-0.1, -0.05) is 0 Å². The third-order valence-electron chi connectivity index (χ3n) is 2.36. The van der Waals surface area contributed by atoms with Crippen LogP contribution in [0.1, 0.15) is 20.8 Å². The zero-order valence-corrected chi connectivity index (χ0v) is 12.2. The van der Waals surface area contributed by atoms with Gasteiger partial charge in [0, 0.05) is 17.4 Å². The van der Waals surface area contributed by atoms with Gasteiger partial charge in [-0.05, 0) is 45.0 Å². The van der Waals surface area contributed by atoms with Gasteiger partial charge in [-0.3, -0.25) is 4.79 Å². The largest absolute Gasteiger partial charge is 0.497 e. The number of hydrogen-bond donors (Lipinski definition) is 2. The Morgan fingerprint density at radius 2 is 1.90 bits per heavy atom. The molecule has 5 heteroatoms. The Labute approximate surface area is 119 Å². The number of rotatable bonds is 4. The summed E-state index contributed by atoms with van der Waals surface area (Å²) in [7, 11) is 1.57. The van der Waals surface area contributed by atoms with Crippen molar-refractivity contribution in [2.45, 2.75) is 26.3 Å². The van der Waals surface area contributed by atoms with E-state index >= 15 is 0 Å². The molecule has 0 spiro atoms. The highest BCUT2D eigenvalue weighted by Gasteiger charge is 2.12. The van der Waals surface area contributed by atoms with E-state index in [1.807, 2.05) is 26.8 Å². The van der Waals surface area contributed by atoms with Crippen LogP contribution in [-0.2, 0) is 4.79 Å². The number of methoxy groups -OCH3 is 1. The summed E-state index contributed by atoms with van der Waals surface area (Å²) in [5.41, 5.74) is 0.422. The fourth-order valence-corrected chi connectivity index (χ4v) is 1.31. The van der Waals surface area contributed by atoms with Gasteiger partial charge in [0.2, 0.25) is 0 Å². The van der Waals surface area contributed by atoms with Gasteiger partial charge in [0.25, 0.3) is 5.91 Å². The molecule has 0 bridgehead atoms. The van der Waals surface area contributed by atoms with Crippen molar-refractivity contribution in [2.24, 2.45) is 0 Å². The molecule has 0 aliphatic heterocycles. The first-order valence-electron chi connectivity index (χ1n) is 6.19. The third-order valence-corrected chi connectivity index (χ3v) is 2.36. The number of ether oxygens (including phenoxy) is 1. The molecule has 0 heterocycles. The molecule has 106 valence electrons. The molecular formula is C15H19N3O2. The van der Waals surface area contributed by atoms with Gasteiger partial charge < -0.3 is 15.4 Å². The molecule has 0 saturated heterocycles. The first-order chi connectivity index (χ1) is 9.35. The number of hydrogen-bond acceptors (Lipinski definition) is 4. The SMILES string of the molecule is COc1ccc(NC(=O)/C(C#N)=C\NC(C)(C)C)cc1. The molecule has 5 nitrogen and oxygen atoms in total. The van der Waals surface area contributed by atoms with Crippen molar-refractivity contribution in [1.82, 2.24) is 5.32 Å². The predicted octanol–water partition coefficient (Wildman–Crippen LogP) is 2.43. The lowest BCUT2D eigenvalue weighted by atomic mass is 10.1. The fourth-order valence-electron chi connectivity index (χ4n) is 1.31. The summed E-state index contributed by atoms with van der Waals surface area (Å²) in [6.45, 7) is 5.83. The molecular weight excluding hydrogens is 254 g/mol. The second-order valence-electron chi connectivity index (χ2n) is 5.25. The number of nitriles is 1. The van der Waals surface area contributed by atoms with E-state index in [0.29, 0.717) is 11.4 Å². The zero-order chi connectivity index (χ0) is 15.2. The lowest BCUT2D eigenvalue weighted by Crippen LogP contribution is -2.32. The van der Waals surface area contributed by atoms with Crippen LogP contribution in [0, 0.1) is 11.3 Å². The van der Waals surface area contributed by atoms with Crippen LogP contribution >= 0.6 is 0 Å². The number of carbonyl (C=O) groups excluding carboxylic acids is 1. The quantitative estimate of drug-likeness (QED) is 0.652. The predicted molar refractivity (Wildman–Crippen MR) is 78.2 cm³/mol. The molecule has 0 aromatic heterocycles. The van der Waals surface area contributed by atoms with E-state index in [1.165, 1.54) is 6.20 Å². The lowest BCUT2D eigenvalue weighted by molar-refractivity contribution is -0.112. The number of benzene rings is 1. The molecule has 1 amide bonds. The van der Waals surface area contributed by atoms with Crippen molar-refractivity contribution in [3.63, 3.8) is 0 Å². The maximum atomic E-state index is 11.9. The topological polar surface area (TPSA) is 74.1 Å². The summed E-state index contributed by atoms with van der Waals surface area (Å²) >= 11 is 0. The molecule has 0 saturated carbocycles. The van der Waals surface area contributed by atoms with E-state index in [2.05, 4.69) is 10.6 Å². The Morgan fingerprint density at radius 3 is 2.35 bits per heavy atom. The summed E-state index contributed by atoms with van der Waals surface area (Å²) in [6.07, 6.45) is 1.43. The van der Waals surface area contributed by atoms with Crippen LogP contribution < -0.4 is 15.4 Å². The van der Waals surface area contributed by atoms with Gasteiger partial charge in [0.15, 0.2) is 0 Å². The molecule has 0 unspecified atom stereocenters. The highest BCUT2D eigenvalue weighted by molar-refractivity contribution is 6.06. The molecule has 1 aromatic carbocycles. The molecule has 20 heavy (non-hydrogen) atoms. The number of anilines is 1. The maximum absolute atomic E-state index is 11.9. The Balaban J connectivity index is 2.75. The smallest absolute Gasteiger partial charge is 0.267 e. The van der Waals surface area contributed by atoms with Crippen molar-refractivity contribution in [2.75, 3.05) is 12.4 Å². The fraction of sp³-hybridized carbons (Fsp3) is 0.333. The lowest BCUT2D eigenvalue weighted by Gasteiger charge is -2.18. The normalized spacial score (nSPS) is 11.4. The first kappa shape index (κ1) is 15.6.